The van der Waals surface area contributed by atoms with Crippen molar-refractivity contribution in [2.24, 2.45) is 5.92 Å². The maximum atomic E-state index is 5.57. The second kappa shape index (κ2) is 4.62. The van der Waals surface area contributed by atoms with E-state index in [2.05, 4.69) is 17.2 Å². The Balaban J connectivity index is 1.68. The minimum absolute atomic E-state index is 0.736. The maximum Gasteiger partial charge on any atom is 0.0501 e. The van der Waals surface area contributed by atoms with Gasteiger partial charge in [0.15, 0.2) is 0 Å². The molecular weight excluding hydrogens is 186 g/mol. The Labute approximate surface area is 91.1 Å². The third kappa shape index (κ3) is 2.93. The number of nitrogens with two attached hydrogens (primary N) is 1. The fourth-order valence-electron chi connectivity index (χ4n) is 1.92. The number of nitrogen functional groups attached to an aromatic ring is 1. The van der Waals surface area contributed by atoms with Crippen LogP contribution in [0.3, 0.4) is 0 Å². The molecule has 0 saturated heterocycles. The van der Waals surface area contributed by atoms with Crippen LogP contribution in [0.25, 0.3) is 0 Å². The zero-order valence-electron chi connectivity index (χ0n) is 9.24. The van der Waals surface area contributed by atoms with E-state index in [4.69, 9.17) is 5.73 Å². The smallest absolute Gasteiger partial charge is 0.0501 e. The first-order valence-electron chi connectivity index (χ1n) is 5.73. The van der Waals surface area contributed by atoms with Crippen LogP contribution in [0.2, 0.25) is 0 Å². The Morgan fingerprint density at radius 3 is 3.00 bits per heavy atom. The van der Waals surface area contributed by atoms with Gasteiger partial charge in [-0.25, -0.2) is 0 Å². The Morgan fingerprint density at radius 2 is 2.40 bits per heavy atom. The Kier molecular flexibility index (Phi) is 3.21. The minimum Gasteiger partial charge on any atom is -0.397 e. The monoisotopic (exact) mass is 205 g/mol. The van der Waals surface area contributed by atoms with E-state index in [9.17, 15) is 0 Å². The van der Waals surface area contributed by atoms with Gasteiger partial charge in [-0.15, -0.1) is 0 Å². The van der Waals surface area contributed by atoms with Crippen LogP contribution in [-0.2, 0) is 6.42 Å². The maximum absolute atomic E-state index is 5.57. The highest BCUT2D eigenvalue weighted by Crippen LogP contribution is 2.32. The summed E-state index contributed by atoms with van der Waals surface area (Å²) in [6.07, 6.45) is 5.37. The number of hydrogen-bond donors (Lipinski definition) is 2. The van der Waals surface area contributed by atoms with Crippen LogP contribution in [0.1, 0.15) is 25.5 Å². The predicted octanol–water partition coefficient (Wildman–Crippen LogP) is 1.59. The number of aromatic nitrogens is 1. The highest BCUT2D eigenvalue weighted by atomic mass is 15.0. The van der Waals surface area contributed by atoms with Gasteiger partial charge >= 0.3 is 0 Å². The molecule has 3 heteroatoms. The summed E-state index contributed by atoms with van der Waals surface area (Å²) in [5.74, 6) is 0.921. The molecule has 1 aromatic rings. The molecule has 0 spiro atoms. The van der Waals surface area contributed by atoms with Gasteiger partial charge in [-0.1, -0.05) is 13.3 Å². The van der Waals surface area contributed by atoms with E-state index in [1.165, 1.54) is 12.8 Å². The predicted molar refractivity (Wildman–Crippen MR) is 62.5 cm³/mol. The van der Waals surface area contributed by atoms with Gasteiger partial charge in [-0.2, -0.15) is 0 Å². The lowest BCUT2D eigenvalue weighted by atomic mass is 10.2. The third-order valence-corrected chi connectivity index (χ3v) is 3.08. The summed E-state index contributed by atoms with van der Waals surface area (Å²) < 4.78 is 0. The Morgan fingerprint density at radius 1 is 1.53 bits per heavy atom. The van der Waals surface area contributed by atoms with Crippen molar-refractivity contribution in [1.82, 2.24) is 10.3 Å². The van der Waals surface area contributed by atoms with Crippen molar-refractivity contribution in [2.75, 3.05) is 12.3 Å². The average molecular weight is 205 g/mol. The molecule has 2 atom stereocenters. The molecule has 1 aliphatic carbocycles. The van der Waals surface area contributed by atoms with E-state index in [0.29, 0.717) is 0 Å². The number of nitrogens with zero attached hydrogens (tertiary/aromatic N) is 1. The van der Waals surface area contributed by atoms with Gasteiger partial charge < -0.3 is 11.1 Å². The summed E-state index contributed by atoms with van der Waals surface area (Å²) in [4.78, 5) is 4.27. The standard InChI is InChI=1S/C12H19N3/c1-2-9-7-12(9)14-6-5-11-4-3-10(13)8-15-11/h3-4,8-9,12,14H,2,5-7,13H2,1H3. The van der Waals surface area contributed by atoms with Crippen LogP contribution in [0, 0.1) is 5.92 Å². The molecule has 2 unspecified atom stereocenters. The zero-order chi connectivity index (χ0) is 10.7. The Bertz CT molecular complexity index is 307. The fraction of sp³-hybridized carbons (Fsp3) is 0.583. The summed E-state index contributed by atoms with van der Waals surface area (Å²) in [5.41, 5.74) is 7.42. The van der Waals surface area contributed by atoms with Crippen LogP contribution in [0.15, 0.2) is 18.3 Å². The summed E-state index contributed by atoms with van der Waals surface area (Å²) in [7, 11) is 0. The molecule has 0 aliphatic heterocycles. The SMILES string of the molecule is CCC1CC1NCCc1ccc(N)cn1. The molecule has 3 N–H and O–H groups in total. The molecule has 1 heterocycles. The van der Waals surface area contributed by atoms with E-state index in [0.717, 1.165) is 36.3 Å². The summed E-state index contributed by atoms with van der Waals surface area (Å²) in [6.45, 7) is 3.28. The minimum atomic E-state index is 0.736. The number of hydrogen-bond acceptors (Lipinski definition) is 3. The van der Waals surface area contributed by atoms with Crippen molar-refractivity contribution in [1.29, 1.82) is 0 Å². The normalized spacial score (nSPS) is 24.1. The van der Waals surface area contributed by atoms with Crippen LogP contribution in [-0.4, -0.2) is 17.6 Å². The molecule has 1 saturated carbocycles. The van der Waals surface area contributed by atoms with Crippen LogP contribution >= 0.6 is 0 Å². The zero-order valence-corrected chi connectivity index (χ0v) is 9.24. The van der Waals surface area contributed by atoms with E-state index >= 15 is 0 Å². The summed E-state index contributed by atoms with van der Waals surface area (Å²) in [5, 5.41) is 3.55. The molecule has 0 aromatic carbocycles. The van der Waals surface area contributed by atoms with E-state index in [1.807, 2.05) is 12.1 Å². The molecule has 3 nitrogen and oxygen atoms in total. The van der Waals surface area contributed by atoms with Gasteiger partial charge in [0.25, 0.3) is 0 Å². The van der Waals surface area contributed by atoms with Crippen LogP contribution in [0.5, 0.6) is 0 Å². The second-order valence-electron chi connectivity index (χ2n) is 4.30. The fourth-order valence-corrected chi connectivity index (χ4v) is 1.92. The van der Waals surface area contributed by atoms with Crippen LogP contribution < -0.4 is 11.1 Å². The molecule has 82 valence electrons. The van der Waals surface area contributed by atoms with Gasteiger partial charge in [0, 0.05) is 24.7 Å². The van der Waals surface area contributed by atoms with Gasteiger partial charge in [-0.05, 0) is 24.5 Å². The molecule has 0 bridgehead atoms. The largest absolute Gasteiger partial charge is 0.397 e. The number of rotatable bonds is 5. The first-order valence-corrected chi connectivity index (χ1v) is 5.73. The first-order chi connectivity index (χ1) is 7.29. The molecule has 0 amide bonds. The van der Waals surface area contributed by atoms with E-state index in [-0.39, 0.29) is 0 Å². The Hall–Kier alpha value is -1.09. The third-order valence-electron chi connectivity index (χ3n) is 3.08. The lowest BCUT2D eigenvalue weighted by molar-refractivity contribution is 0.619. The molecule has 1 fully saturated rings. The van der Waals surface area contributed by atoms with Crippen molar-refractivity contribution in [3.63, 3.8) is 0 Å². The van der Waals surface area contributed by atoms with Gasteiger partial charge in [0.05, 0.1) is 11.9 Å². The molecule has 1 aromatic heterocycles. The van der Waals surface area contributed by atoms with Gasteiger partial charge in [0.1, 0.15) is 0 Å². The van der Waals surface area contributed by atoms with Crippen molar-refractivity contribution >= 4 is 5.69 Å². The number of nitrogens with one attached hydrogen (secondary N) is 1. The highest BCUT2D eigenvalue weighted by Gasteiger charge is 2.34. The molecule has 0 radical (unpaired) electrons. The molecular formula is C12H19N3. The van der Waals surface area contributed by atoms with Gasteiger partial charge in [-0.3, -0.25) is 4.98 Å². The number of anilines is 1. The quantitative estimate of drug-likeness (QED) is 0.767. The lowest BCUT2D eigenvalue weighted by Crippen LogP contribution is -2.21. The summed E-state index contributed by atoms with van der Waals surface area (Å²) >= 11 is 0. The highest BCUT2D eigenvalue weighted by molar-refractivity contribution is 5.34. The van der Waals surface area contributed by atoms with Crippen molar-refractivity contribution in [2.45, 2.75) is 32.2 Å². The number of pyridine rings is 1. The molecule has 1 aliphatic rings. The van der Waals surface area contributed by atoms with E-state index in [1.54, 1.807) is 6.20 Å². The topological polar surface area (TPSA) is 50.9 Å². The second-order valence-corrected chi connectivity index (χ2v) is 4.30. The lowest BCUT2D eigenvalue weighted by Gasteiger charge is -2.03. The average Bonchev–Trinajstić information content (AvgIpc) is 3.00. The van der Waals surface area contributed by atoms with E-state index < -0.39 is 0 Å². The van der Waals surface area contributed by atoms with Crippen molar-refractivity contribution in [3.8, 4) is 0 Å². The first kappa shape index (κ1) is 10.4. The summed E-state index contributed by atoms with van der Waals surface area (Å²) in [6, 6.07) is 4.68. The van der Waals surface area contributed by atoms with Crippen LogP contribution in [0.4, 0.5) is 5.69 Å². The molecule has 2 rings (SSSR count). The van der Waals surface area contributed by atoms with Crippen molar-refractivity contribution < 1.29 is 0 Å². The van der Waals surface area contributed by atoms with Gasteiger partial charge in [0.2, 0.25) is 0 Å². The van der Waals surface area contributed by atoms with Crippen molar-refractivity contribution in [3.05, 3.63) is 24.0 Å². The molecule has 15 heavy (non-hydrogen) atoms.